The second kappa shape index (κ2) is 7.00. The molecule has 0 radical (unpaired) electrons. The molecule has 0 bridgehead atoms. The van der Waals surface area contributed by atoms with E-state index in [0.717, 1.165) is 34.4 Å². The van der Waals surface area contributed by atoms with Crippen molar-refractivity contribution in [1.29, 1.82) is 0 Å². The molecular formula is C24H23N5O3. The van der Waals surface area contributed by atoms with E-state index in [2.05, 4.69) is 15.0 Å². The lowest BCUT2D eigenvalue weighted by Gasteiger charge is -2.34. The standard InChI is InChI=1S/C24H23N5O3/c1-14-21(32-23(27-14)24(31)10-4-11-24)22(30)29-12-9-17-19(26-13-25-17)20(29)18-8-7-15-5-2-3-6-16(15)28-18/h2-3,5-8,13,20,31H,4,9-12H2,1H3,(H,25,26)/t20-/m1/s1. The zero-order chi connectivity index (χ0) is 21.9. The quantitative estimate of drug-likeness (QED) is 0.517. The van der Waals surface area contributed by atoms with Crippen molar-refractivity contribution in [2.45, 2.75) is 44.2 Å². The van der Waals surface area contributed by atoms with Gasteiger partial charge in [-0.25, -0.2) is 9.97 Å². The van der Waals surface area contributed by atoms with Crippen LogP contribution >= 0.6 is 0 Å². The minimum atomic E-state index is -1.06. The maximum Gasteiger partial charge on any atom is 0.292 e. The Morgan fingerprint density at radius 2 is 2.06 bits per heavy atom. The number of carbonyl (C=O) groups excluding carboxylic acids is 1. The number of benzene rings is 1. The van der Waals surface area contributed by atoms with Gasteiger partial charge in [0, 0.05) is 24.0 Å². The molecule has 0 spiro atoms. The summed E-state index contributed by atoms with van der Waals surface area (Å²) in [6.45, 7) is 2.24. The Bertz CT molecular complexity index is 1340. The van der Waals surface area contributed by atoms with Crippen LogP contribution in [0.25, 0.3) is 10.9 Å². The van der Waals surface area contributed by atoms with Crippen LogP contribution in [0.1, 0.15) is 64.5 Å². The molecule has 1 aliphatic heterocycles. The van der Waals surface area contributed by atoms with Gasteiger partial charge in [-0.1, -0.05) is 24.3 Å². The number of imidazole rings is 1. The smallest absolute Gasteiger partial charge is 0.292 e. The van der Waals surface area contributed by atoms with E-state index in [1.54, 1.807) is 18.2 Å². The van der Waals surface area contributed by atoms with Gasteiger partial charge in [-0.2, -0.15) is 0 Å². The summed E-state index contributed by atoms with van der Waals surface area (Å²) >= 11 is 0. The molecule has 3 aromatic heterocycles. The lowest BCUT2D eigenvalue weighted by Crippen LogP contribution is -2.41. The van der Waals surface area contributed by atoms with Crippen molar-refractivity contribution in [3.63, 3.8) is 0 Å². The first kappa shape index (κ1) is 19.2. The number of aromatic nitrogens is 4. The SMILES string of the molecule is Cc1nc(C2(O)CCC2)oc1C(=O)N1CCc2[nH]cnc2[C@H]1c1ccc2ccccc2n1. The Hall–Kier alpha value is -3.52. The maximum atomic E-state index is 13.7. The maximum absolute atomic E-state index is 13.7. The van der Waals surface area contributed by atoms with Gasteiger partial charge < -0.3 is 19.4 Å². The molecule has 8 heteroatoms. The Kier molecular flexibility index (Phi) is 4.19. The predicted octanol–water partition coefficient (Wildman–Crippen LogP) is 3.41. The highest BCUT2D eigenvalue weighted by Gasteiger charge is 2.43. The second-order valence-corrected chi connectivity index (χ2v) is 8.66. The third-order valence-corrected chi connectivity index (χ3v) is 6.66. The molecule has 2 N–H and O–H groups in total. The van der Waals surface area contributed by atoms with Crippen LogP contribution in [0.3, 0.4) is 0 Å². The highest BCUT2D eigenvalue weighted by atomic mass is 16.4. The molecule has 1 amide bonds. The van der Waals surface area contributed by atoms with Crippen LogP contribution < -0.4 is 0 Å². The Morgan fingerprint density at radius 1 is 1.22 bits per heavy atom. The summed E-state index contributed by atoms with van der Waals surface area (Å²) in [7, 11) is 0. The highest BCUT2D eigenvalue weighted by Crippen LogP contribution is 2.42. The van der Waals surface area contributed by atoms with E-state index in [1.165, 1.54) is 0 Å². The van der Waals surface area contributed by atoms with Gasteiger partial charge in [0.1, 0.15) is 11.6 Å². The fourth-order valence-electron chi connectivity index (χ4n) is 4.68. The van der Waals surface area contributed by atoms with Gasteiger partial charge in [0.2, 0.25) is 11.7 Å². The van der Waals surface area contributed by atoms with Crippen LogP contribution in [0.2, 0.25) is 0 Å². The van der Waals surface area contributed by atoms with E-state index in [4.69, 9.17) is 9.40 Å². The van der Waals surface area contributed by atoms with Crippen molar-refractivity contribution < 1.29 is 14.3 Å². The van der Waals surface area contributed by atoms with Crippen LogP contribution in [0.15, 0.2) is 47.1 Å². The summed E-state index contributed by atoms with van der Waals surface area (Å²) in [5.41, 5.74) is 2.85. The zero-order valence-electron chi connectivity index (χ0n) is 17.7. The summed E-state index contributed by atoms with van der Waals surface area (Å²) < 4.78 is 5.86. The lowest BCUT2D eigenvalue weighted by atomic mass is 9.80. The van der Waals surface area contributed by atoms with Crippen molar-refractivity contribution in [2.75, 3.05) is 6.54 Å². The number of amides is 1. The molecule has 6 rings (SSSR count). The van der Waals surface area contributed by atoms with Crippen molar-refractivity contribution >= 4 is 16.8 Å². The van der Waals surface area contributed by atoms with Crippen molar-refractivity contribution in [2.24, 2.45) is 0 Å². The molecule has 2 aliphatic rings. The molecule has 1 fully saturated rings. The largest absolute Gasteiger partial charge is 0.432 e. The summed E-state index contributed by atoms with van der Waals surface area (Å²) in [6, 6.07) is 11.4. The second-order valence-electron chi connectivity index (χ2n) is 8.66. The van der Waals surface area contributed by atoms with Crippen LogP contribution in [-0.4, -0.2) is 42.4 Å². The van der Waals surface area contributed by atoms with Crippen molar-refractivity contribution in [3.8, 4) is 0 Å². The molecule has 162 valence electrons. The first-order chi connectivity index (χ1) is 15.5. The average molecular weight is 429 g/mol. The van der Waals surface area contributed by atoms with Gasteiger partial charge in [-0.05, 0) is 38.3 Å². The molecule has 1 aliphatic carbocycles. The van der Waals surface area contributed by atoms with E-state index in [-0.39, 0.29) is 17.6 Å². The number of aromatic amines is 1. The topological polar surface area (TPSA) is 108 Å². The number of hydrogen-bond acceptors (Lipinski definition) is 6. The number of rotatable bonds is 3. The number of nitrogens with one attached hydrogen (secondary N) is 1. The monoisotopic (exact) mass is 429 g/mol. The summed E-state index contributed by atoms with van der Waals surface area (Å²) in [5.74, 6) is 0.144. The van der Waals surface area contributed by atoms with E-state index >= 15 is 0 Å². The molecule has 32 heavy (non-hydrogen) atoms. The van der Waals surface area contributed by atoms with Crippen molar-refractivity contribution in [1.82, 2.24) is 24.8 Å². The first-order valence-electron chi connectivity index (χ1n) is 10.9. The number of aliphatic hydroxyl groups is 1. The number of fused-ring (bicyclic) bond motifs is 2. The molecule has 0 saturated heterocycles. The number of para-hydroxylation sites is 1. The molecule has 8 nitrogen and oxygen atoms in total. The number of nitrogens with zero attached hydrogens (tertiary/aromatic N) is 4. The molecule has 4 heterocycles. The average Bonchev–Trinajstić information content (AvgIpc) is 3.42. The number of H-pyrrole nitrogens is 1. The summed E-state index contributed by atoms with van der Waals surface area (Å²) in [5, 5.41) is 11.7. The number of carbonyl (C=O) groups is 1. The van der Waals surface area contributed by atoms with Gasteiger partial charge in [0.05, 0.1) is 28.9 Å². The molecular weight excluding hydrogens is 406 g/mol. The van der Waals surface area contributed by atoms with Gasteiger partial charge in [-0.15, -0.1) is 0 Å². The van der Waals surface area contributed by atoms with Crippen molar-refractivity contribution in [3.05, 3.63) is 77.2 Å². The van der Waals surface area contributed by atoms with Gasteiger partial charge in [0.15, 0.2) is 0 Å². The van der Waals surface area contributed by atoms with Crippen LogP contribution in [-0.2, 0) is 12.0 Å². The third-order valence-electron chi connectivity index (χ3n) is 6.66. The minimum absolute atomic E-state index is 0.171. The van der Waals surface area contributed by atoms with Crippen LogP contribution in [0, 0.1) is 6.92 Å². The minimum Gasteiger partial charge on any atom is -0.432 e. The Morgan fingerprint density at radius 3 is 2.88 bits per heavy atom. The first-order valence-corrected chi connectivity index (χ1v) is 10.9. The van der Waals surface area contributed by atoms with Crippen LogP contribution in [0.5, 0.6) is 0 Å². The van der Waals surface area contributed by atoms with E-state index in [9.17, 15) is 9.90 Å². The van der Waals surface area contributed by atoms with Crippen LogP contribution in [0.4, 0.5) is 0 Å². The molecule has 1 atom stereocenters. The lowest BCUT2D eigenvalue weighted by molar-refractivity contribution is -0.0616. The van der Waals surface area contributed by atoms with Gasteiger partial charge >= 0.3 is 0 Å². The fourth-order valence-corrected chi connectivity index (χ4v) is 4.68. The zero-order valence-corrected chi connectivity index (χ0v) is 17.7. The summed E-state index contributed by atoms with van der Waals surface area (Å²) in [6.07, 6.45) is 4.45. The molecule has 4 aromatic rings. The number of pyridine rings is 1. The van der Waals surface area contributed by atoms with Gasteiger partial charge in [0.25, 0.3) is 5.91 Å². The van der Waals surface area contributed by atoms with E-state index in [1.807, 2.05) is 36.4 Å². The van der Waals surface area contributed by atoms with Gasteiger partial charge in [-0.3, -0.25) is 9.78 Å². The van der Waals surface area contributed by atoms with E-state index < -0.39 is 11.6 Å². The third kappa shape index (κ3) is 2.86. The summed E-state index contributed by atoms with van der Waals surface area (Å²) in [4.78, 5) is 32.4. The fraction of sp³-hybridized carbons (Fsp3) is 0.333. The number of hydrogen-bond donors (Lipinski definition) is 2. The number of oxazole rings is 1. The highest BCUT2D eigenvalue weighted by molar-refractivity contribution is 5.93. The number of aryl methyl sites for hydroxylation is 1. The molecule has 1 saturated carbocycles. The predicted molar refractivity (Wildman–Crippen MR) is 116 cm³/mol. The normalized spacial score (nSPS) is 19.6. The van der Waals surface area contributed by atoms with E-state index in [0.29, 0.717) is 31.5 Å². The molecule has 1 aromatic carbocycles. The Balaban J connectivity index is 1.42. The Labute approximate surface area is 184 Å². The molecule has 0 unspecified atom stereocenters.